The van der Waals surface area contributed by atoms with E-state index in [1.807, 2.05) is 36.5 Å². The summed E-state index contributed by atoms with van der Waals surface area (Å²) in [5, 5.41) is 13.3. The van der Waals surface area contributed by atoms with Gasteiger partial charge < -0.3 is 10.0 Å². The lowest BCUT2D eigenvalue weighted by atomic mass is 10.1. The number of nitrogens with zero attached hydrogens (tertiary/aromatic N) is 3. The predicted molar refractivity (Wildman–Crippen MR) is 74.7 cm³/mol. The number of aliphatic hydroxyl groups excluding tert-OH is 1. The van der Waals surface area contributed by atoms with Gasteiger partial charge in [0.15, 0.2) is 0 Å². The molecule has 1 heterocycles. The van der Waals surface area contributed by atoms with Gasteiger partial charge >= 0.3 is 0 Å². The topological polar surface area (TPSA) is 58.4 Å². The van der Waals surface area contributed by atoms with E-state index >= 15 is 0 Å². The van der Waals surface area contributed by atoms with Gasteiger partial charge in [0.05, 0.1) is 12.3 Å². The van der Waals surface area contributed by atoms with Gasteiger partial charge in [-0.25, -0.2) is 4.68 Å². The van der Waals surface area contributed by atoms with Gasteiger partial charge in [0.1, 0.15) is 0 Å². The second-order valence-corrected chi connectivity index (χ2v) is 4.95. The average Bonchev–Trinajstić information content (AvgIpc) is 3.17. The summed E-state index contributed by atoms with van der Waals surface area (Å²) in [7, 11) is 0. The van der Waals surface area contributed by atoms with E-state index in [-0.39, 0.29) is 12.5 Å². The maximum atomic E-state index is 12.5. The molecule has 1 aliphatic rings. The van der Waals surface area contributed by atoms with Crippen LogP contribution in [0.15, 0.2) is 42.7 Å². The molecule has 1 aromatic heterocycles. The fourth-order valence-electron chi connectivity index (χ4n) is 2.31. The Kier molecular flexibility index (Phi) is 3.52. The molecule has 2 aromatic rings. The SMILES string of the molecule is O=C(c1cccc(-n2cccn2)c1)N(CCO)C1CC1. The quantitative estimate of drug-likeness (QED) is 0.896. The highest BCUT2D eigenvalue weighted by Crippen LogP contribution is 2.28. The molecule has 20 heavy (non-hydrogen) atoms. The minimum absolute atomic E-state index is 0.00108. The van der Waals surface area contributed by atoms with Crippen molar-refractivity contribution in [1.29, 1.82) is 0 Å². The largest absolute Gasteiger partial charge is 0.395 e. The lowest BCUT2D eigenvalue weighted by Gasteiger charge is -2.21. The van der Waals surface area contributed by atoms with Gasteiger partial charge in [-0.2, -0.15) is 5.10 Å². The zero-order valence-electron chi connectivity index (χ0n) is 11.1. The van der Waals surface area contributed by atoms with E-state index in [9.17, 15) is 4.79 Å². The molecule has 1 amide bonds. The second kappa shape index (κ2) is 5.46. The Balaban J connectivity index is 1.85. The molecule has 0 unspecified atom stereocenters. The van der Waals surface area contributed by atoms with Crippen LogP contribution in [0, 0.1) is 0 Å². The summed E-state index contributed by atoms with van der Waals surface area (Å²) in [6, 6.07) is 9.55. The molecular weight excluding hydrogens is 254 g/mol. The van der Waals surface area contributed by atoms with E-state index in [1.165, 1.54) is 0 Å². The normalized spacial score (nSPS) is 14.2. The fraction of sp³-hybridized carbons (Fsp3) is 0.333. The van der Waals surface area contributed by atoms with Crippen LogP contribution in [0.4, 0.5) is 0 Å². The summed E-state index contributed by atoms with van der Waals surface area (Å²) in [6.07, 6.45) is 5.61. The number of aromatic nitrogens is 2. The molecule has 5 nitrogen and oxygen atoms in total. The molecular formula is C15H17N3O2. The lowest BCUT2D eigenvalue weighted by molar-refractivity contribution is 0.0707. The van der Waals surface area contributed by atoms with Gasteiger partial charge in [-0.15, -0.1) is 0 Å². The van der Waals surface area contributed by atoms with Gasteiger partial charge in [0.25, 0.3) is 5.91 Å². The molecule has 3 rings (SSSR count). The van der Waals surface area contributed by atoms with E-state index < -0.39 is 0 Å². The maximum Gasteiger partial charge on any atom is 0.254 e. The van der Waals surface area contributed by atoms with Crippen molar-refractivity contribution in [3.63, 3.8) is 0 Å². The minimum Gasteiger partial charge on any atom is -0.395 e. The number of hydrogen-bond donors (Lipinski definition) is 1. The van der Waals surface area contributed by atoms with Gasteiger partial charge in [0, 0.05) is 30.5 Å². The van der Waals surface area contributed by atoms with Crippen LogP contribution >= 0.6 is 0 Å². The third kappa shape index (κ3) is 2.58. The van der Waals surface area contributed by atoms with Crippen LogP contribution in [0.25, 0.3) is 5.69 Å². The number of carbonyl (C=O) groups excluding carboxylic acids is 1. The monoisotopic (exact) mass is 271 g/mol. The van der Waals surface area contributed by atoms with Crippen molar-refractivity contribution < 1.29 is 9.90 Å². The van der Waals surface area contributed by atoms with Crippen molar-refractivity contribution in [3.05, 3.63) is 48.3 Å². The Bertz CT molecular complexity index is 591. The number of benzene rings is 1. The van der Waals surface area contributed by atoms with Crippen LogP contribution in [0.2, 0.25) is 0 Å². The molecule has 0 radical (unpaired) electrons. The molecule has 1 aliphatic carbocycles. The third-order valence-electron chi connectivity index (χ3n) is 3.45. The Morgan fingerprint density at radius 1 is 1.40 bits per heavy atom. The highest BCUT2D eigenvalue weighted by Gasteiger charge is 2.32. The van der Waals surface area contributed by atoms with Crippen LogP contribution in [0.5, 0.6) is 0 Å². The van der Waals surface area contributed by atoms with E-state index in [0.717, 1.165) is 18.5 Å². The number of aliphatic hydroxyl groups is 1. The molecule has 104 valence electrons. The summed E-state index contributed by atoms with van der Waals surface area (Å²) in [5.41, 5.74) is 1.50. The first-order chi connectivity index (χ1) is 9.79. The van der Waals surface area contributed by atoms with Gasteiger partial charge in [-0.05, 0) is 37.1 Å². The van der Waals surface area contributed by atoms with Crippen molar-refractivity contribution in [2.75, 3.05) is 13.2 Å². The summed E-state index contributed by atoms with van der Waals surface area (Å²) >= 11 is 0. The number of rotatable bonds is 5. The van der Waals surface area contributed by atoms with Crippen molar-refractivity contribution in [2.45, 2.75) is 18.9 Å². The third-order valence-corrected chi connectivity index (χ3v) is 3.45. The summed E-state index contributed by atoms with van der Waals surface area (Å²) in [5.74, 6) is -0.0180. The Labute approximate surface area is 117 Å². The van der Waals surface area contributed by atoms with Gasteiger partial charge in [0.2, 0.25) is 0 Å². The van der Waals surface area contributed by atoms with Crippen LogP contribution in [-0.4, -0.2) is 44.9 Å². The molecule has 5 heteroatoms. The minimum atomic E-state index is -0.0180. The standard InChI is InChI=1S/C15H17N3O2/c19-10-9-17(13-5-6-13)15(20)12-3-1-4-14(11-12)18-8-2-7-16-18/h1-4,7-8,11,13,19H,5-6,9-10H2. The van der Waals surface area contributed by atoms with Crippen LogP contribution in [0.3, 0.4) is 0 Å². The van der Waals surface area contributed by atoms with Gasteiger partial charge in [-0.1, -0.05) is 6.07 Å². The van der Waals surface area contributed by atoms with Crippen molar-refractivity contribution in [1.82, 2.24) is 14.7 Å². The first-order valence-electron chi connectivity index (χ1n) is 6.81. The molecule has 0 bridgehead atoms. The molecule has 1 saturated carbocycles. The van der Waals surface area contributed by atoms with Gasteiger partial charge in [-0.3, -0.25) is 4.79 Å². The number of amides is 1. The predicted octanol–water partition coefficient (Wildman–Crippen LogP) is 1.47. The Morgan fingerprint density at radius 2 is 2.25 bits per heavy atom. The summed E-state index contributed by atoms with van der Waals surface area (Å²) < 4.78 is 1.73. The smallest absolute Gasteiger partial charge is 0.254 e. The lowest BCUT2D eigenvalue weighted by Crippen LogP contribution is -2.35. The molecule has 0 aliphatic heterocycles. The van der Waals surface area contributed by atoms with E-state index in [0.29, 0.717) is 18.2 Å². The van der Waals surface area contributed by atoms with E-state index in [1.54, 1.807) is 15.8 Å². The average molecular weight is 271 g/mol. The van der Waals surface area contributed by atoms with E-state index in [2.05, 4.69) is 5.10 Å². The zero-order chi connectivity index (χ0) is 13.9. The van der Waals surface area contributed by atoms with Crippen LogP contribution in [0.1, 0.15) is 23.2 Å². The molecule has 0 atom stereocenters. The maximum absolute atomic E-state index is 12.5. The second-order valence-electron chi connectivity index (χ2n) is 4.95. The molecule has 1 N–H and O–H groups in total. The van der Waals surface area contributed by atoms with Crippen molar-refractivity contribution in [2.24, 2.45) is 0 Å². The molecule has 1 aromatic carbocycles. The zero-order valence-corrected chi connectivity index (χ0v) is 11.1. The molecule has 0 spiro atoms. The van der Waals surface area contributed by atoms with Crippen molar-refractivity contribution in [3.8, 4) is 5.69 Å². The van der Waals surface area contributed by atoms with Crippen molar-refractivity contribution >= 4 is 5.91 Å². The Hall–Kier alpha value is -2.14. The van der Waals surface area contributed by atoms with E-state index in [4.69, 9.17) is 5.11 Å². The number of carbonyl (C=O) groups is 1. The van der Waals surface area contributed by atoms with Crippen LogP contribution < -0.4 is 0 Å². The summed E-state index contributed by atoms with van der Waals surface area (Å²) in [6.45, 7) is 0.399. The molecule has 0 saturated heterocycles. The fourth-order valence-corrected chi connectivity index (χ4v) is 2.31. The first kappa shape index (κ1) is 12.9. The summed E-state index contributed by atoms with van der Waals surface area (Å²) in [4.78, 5) is 14.3. The molecule has 1 fully saturated rings. The highest BCUT2D eigenvalue weighted by molar-refractivity contribution is 5.95. The van der Waals surface area contributed by atoms with Crippen LogP contribution in [-0.2, 0) is 0 Å². The number of hydrogen-bond acceptors (Lipinski definition) is 3. The highest BCUT2D eigenvalue weighted by atomic mass is 16.3. The Morgan fingerprint density at radius 3 is 2.90 bits per heavy atom. The first-order valence-corrected chi connectivity index (χ1v) is 6.81.